The maximum absolute atomic E-state index is 12.6. The molecule has 0 bridgehead atoms. The average molecular weight is 370 g/mol. The lowest BCUT2D eigenvalue weighted by Gasteiger charge is -2.19. The average Bonchev–Trinajstić information content (AvgIpc) is 2.81. The maximum Gasteiger partial charge on any atom is 0.272 e. The van der Waals surface area contributed by atoms with Crippen LogP contribution in [0.1, 0.15) is 35.8 Å². The minimum atomic E-state index is -0.0655. The van der Waals surface area contributed by atoms with Gasteiger partial charge < -0.3 is 15.0 Å². The highest BCUT2D eigenvalue weighted by molar-refractivity contribution is 9.18. The zero-order chi connectivity index (χ0) is 15.9. The van der Waals surface area contributed by atoms with Gasteiger partial charge in [-0.25, -0.2) is 4.98 Å². The summed E-state index contributed by atoms with van der Waals surface area (Å²) < 4.78 is 5.67. The molecule has 6 nitrogen and oxygen atoms in total. The fraction of sp³-hybridized carbons (Fsp3) is 0.533. The van der Waals surface area contributed by atoms with Crippen LogP contribution >= 0.6 is 15.9 Å². The maximum atomic E-state index is 12.6. The van der Waals surface area contributed by atoms with Gasteiger partial charge in [0, 0.05) is 32.0 Å². The van der Waals surface area contributed by atoms with Crippen LogP contribution in [0, 0.1) is 5.41 Å². The van der Waals surface area contributed by atoms with Gasteiger partial charge in [0.25, 0.3) is 5.91 Å². The molecular weight excluding hydrogens is 348 g/mol. The Morgan fingerprint density at radius 3 is 3.05 bits per heavy atom. The Morgan fingerprint density at radius 1 is 1.50 bits per heavy atom. The summed E-state index contributed by atoms with van der Waals surface area (Å²) in [5, 5.41) is 9.81. The van der Waals surface area contributed by atoms with Crippen LogP contribution in [0.3, 0.4) is 0 Å². The number of hydrogen-bond donors (Lipinski definition) is 2. The summed E-state index contributed by atoms with van der Waals surface area (Å²) in [6.45, 7) is 5.58. The van der Waals surface area contributed by atoms with E-state index in [0.717, 1.165) is 25.1 Å². The summed E-state index contributed by atoms with van der Waals surface area (Å²) in [6.07, 6.45) is 3.47. The molecule has 0 aliphatic carbocycles. The zero-order valence-corrected chi connectivity index (χ0v) is 14.4. The van der Waals surface area contributed by atoms with Crippen molar-refractivity contribution in [3.8, 4) is 0 Å². The van der Waals surface area contributed by atoms with Gasteiger partial charge in [0.2, 0.25) is 0 Å². The lowest BCUT2D eigenvalue weighted by molar-refractivity contribution is -0.571. The molecule has 0 spiro atoms. The van der Waals surface area contributed by atoms with E-state index in [9.17, 15) is 4.79 Å². The van der Waals surface area contributed by atoms with Crippen LogP contribution in [0.25, 0.3) is 0 Å². The Morgan fingerprint density at radius 2 is 2.32 bits per heavy atom. The highest BCUT2D eigenvalue weighted by Crippen LogP contribution is 2.16. The number of nitrogens with one attached hydrogen (secondary N) is 1. The third kappa shape index (κ3) is 4.34. The van der Waals surface area contributed by atoms with Crippen molar-refractivity contribution in [3.05, 3.63) is 23.5 Å². The molecular formula is C15H22BrN4O2+. The van der Waals surface area contributed by atoms with E-state index in [1.165, 1.54) is 0 Å². The molecule has 22 heavy (non-hydrogen) atoms. The summed E-state index contributed by atoms with van der Waals surface area (Å²) in [4.78, 5) is 18.6. The lowest BCUT2D eigenvalue weighted by Crippen LogP contribution is -2.78. The second-order valence-corrected chi connectivity index (χ2v) is 6.01. The van der Waals surface area contributed by atoms with E-state index in [-0.39, 0.29) is 10.5 Å². The predicted molar refractivity (Wildman–Crippen MR) is 88.1 cm³/mol. The van der Waals surface area contributed by atoms with Crippen molar-refractivity contribution in [2.24, 2.45) is 0 Å². The molecule has 3 N–H and O–H groups in total. The molecule has 1 amide bonds. The van der Waals surface area contributed by atoms with E-state index in [1.54, 1.807) is 17.2 Å². The number of rotatable bonds is 5. The number of ether oxygens (including phenoxy) is 1. The van der Waals surface area contributed by atoms with Gasteiger partial charge in [-0.1, -0.05) is 6.92 Å². The SMILES string of the molecule is CCC[NH2+]c1cc(C(=O)N2CCCOCC2)ncc1C(=N)Br. The first-order valence-corrected chi connectivity index (χ1v) is 8.37. The normalized spacial score (nSPS) is 15.5. The van der Waals surface area contributed by atoms with Gasteiger partial charge in [-0.3, -0.25) is 10.2 Å². The molecule has 120 valence electrons. The van der Waals surface area contributed by atoms with Crippen molar-refractivity contribution >= 4 is 32.1 Å². The Hall–Kier alpha value is -1.31. The summed E-state index contributed by atoms with van der Waals surface area (Å²) in [7, 11) is 0. The molecule has 0 saturated carbocycles. The van der Waals surface area contributed by atoms with Crippen molar-refractivity contribution in [2.75, 3.05) is 32.8 Å². The number of carbonyl (C=O) groups excluding carboxylic acids is 1. The Labute approximate surface area is 138 Å². The van der Waals surface area contributed by atoms with Crippen molar-refractivity contribution in [1.82, 2.24) is 9.88 Å². The number of amides is 1. The van der Waals surface area contributed by atoms with Gasteiger partial charge in [0.15, 0.2) is 0 Å². The van der Waals surface area contributed by atoms with Crippen molar-refractivity contribution in [1.29, 1.82) is 5.41 Å². The number of nitrogens with two attached hydrogens (primary N) is 1. The number of hydrogen-bond acceptors (Lipinski definition) is 4. The van der Waals surface area contributed by atoms with E-state index < -0.39 is 0 Å². The van der Waals surface area contributed by atoms with Crippen molar-refractivity contribution < 1.29 is 14.8 Å². The van der Waals surface area contributed by atoms with E-state index in [4.69, 9.17) is 10.1 Å². The number of aromatic nitrogens is 1. The number of quaternary nitrogens is 1. The third-order valence-electron chi connectivity index (χ3n) is 3.55. The molecule has 0 unspecified atom stereocenters. The van der Waals surface area contributed by atoms with Crippen LogP contribution in [-0.2, 0) is 4.74 Å². The Balaban J connectivity index is 2.22. The third-order valence-corrected chi connectivity index (χ3v) is 3.98. The molecule has 7 heteroatoms. The van der Waals surface area contributed by atoms with Gasteiger partial charge in [-0.15, -0.1) is 0 Å². The number of pyridine rings is 1. The van der Waals surface area contributed by atoms with Gasteiger partial charge >= 0.3 is 0 Å². The molecule has 2 heterocycles. The van der Waals surface area contributed by atoms with E-state index in [0.29, 0.717) is 37.6 Å². The minimum Gasteiger partial charge on any atom is -0.380 e. The number of carbonyl (C=O) groups is 1. The lowest BCUT2D eigenvalue weighted by atomic mass is 10.2. The van der Waals surface area contributed by atoms with Gasteiger partial charge in [-0.05, 0) is 28.8 Å². The first-order valence-electron chi connectivity index (χ1n) is 7.58. The Kier molecular flexibility index (Phi) is 6.48. The number of halogens is 1. The minimum absolute atomic E-state index is 0.0655. The quantitative estimate of drug-likeness (QED) is 0.766. The van der Waals surface area contributed by atoms with Crippen molar-refractivity contribution in [3.63, 3.8) is 0 Å². The van der Waals surface area contributed by atoms with Gasteiger partial charge in [0.1, 0.15) is 16.0 Å². The second kappa shape index (κ2) is 8.36. The molecule has 2 rings (SSSR count). The van der Waals surface area contributed by atoms with Crippen LogP contribution < -0.4 is 5.32 Å². The fourth-order valence-electron chi connectivity index (χ4n) is 2.35. The molecule has 1 aromatic heterocycles. The second-order valence-electron chi connectivity index (χ2n) is 5.22. The smallest absolute Gasteiger partial charge is 0.272 e. The fourth-order valence-corrected chi connectivity index (χ4v) is 2.68. The predicted octanol–water partition coefficient (Wildman–Crippen LogP) is 1.27. The highest BCUT2D eigenvalue weighted by atomic mass is 79.9. The largest absolute Gasteiger partial charge is 0.380 e. The molecule has 1 fully saturated rings. The molecule has 0 radical (unpaired) electrons. The standard InChI is InChI=1S/C15H21BrN4O2/c1-2-4-18-12-9-13(19-10-11(12)14(16)17)15(21)20-5-3-7-22-8-6-20/h9-10,17H,2-8H2,1H3,(H,18,19)/p+1. The van der Waals surface area contributed by atoms with Gasteiger partial charge in [0.05, 0.1) is 18.7 Å². The van der Waals surface area contributed by atoms with Crippen LogP contribution in [0.2, 0.25) is 0 Å². The van der Waals surface area contributed by atoms with Crippen LogP contribution in [-0.4, -0.2) is 53.3 Å². The van der Waals surface area contributed by atoms with Gasteiger partial charge in [-0.2, -0.15) is 0 Å². The molecule has 1 aromatic rings. The molecule has 1 saturated heterocycles. The van der Waals surface area contributed by atoms with E-state index >= 15 is 0 Å². The molecule has 0 aromatic carbocycles. The van der Waals surface area contributed by atoms with Crippen LogP contribution in [0.5, 0.6) is 0 Å². The first-order chi connectivity index (χ1) is 10.6. The molecule has 1 aliphatic rings. The Bertz CT molecular complexity index is 542. The molecule has 1 aliphatic heterocycles. The molecule has 0 atom stereocenters. The summed E-state index contributed by atoms with van der Waals surface area (Å²) in [5.41, 5.74) is 2.03. The van der Waals surface area contributed by atoms with Crippen LogP contribution in [0.4, 0.5) is 5.69 Å². The summed E-state index contributed by atoms with van der Waals surface area (Å²) in [6, 6.07) is 1.79. The topological polar surface area (TPSA) is 82.9 Å². The van der Waals surface area contributed by atoms with Crippen LogP contribution in [0.15, 0.2) is 12.3 Å². The van der Waals surface area contributed by atoms with Crippen molar-refractivity contribution in [2.45, 2.75) is 19.8 Å². The summed E-state index contributed by atoms with van der Waals surface area (Å²) in [5.74, 6) is -0.0655. The first kappa shape index (κ1) is 17.1. The highest BCUT2D eigenvalue weighted by Gasteiger charge is 2.21. The van der Waals surface area contributed by atoms with E-state index in [1.807, 2.05) is 0 Å². The number of nitrogens with zero attached hydrogens (tertiary/aromatic N) is 2. The monoisotopic (exact) mass is 369 g/mol. The summed E-state index contributed by atoms with van der Waals surface area (Å²) >= 11 is 3.19. The van der Waals surface area contributed by atoms with E-state index in [2.05, 4.69) is 33.2 Å². The zero-order valence-electron chi connectivity index (χ0n) is 12.8.